The molecular weight excluding hydrogens is 188 g/mol. The molecule has 0 amide bonds. The number of fused-ring (bicyclic) bond motifs is 1. The molecule has 2 aromatic heterocycles. The molecule has 0 spiro atoms. The number of hydrogen-bond acceptors (Lipinski definition) is 2. The third-order valence-electron chi connectivity index (χ3n) is 2.33. The van der Waals surface area contributed by atoms with Crippen LogP contribution < -0.4 is 0 Å². The Bertz CT molecular complexity index is 499. The Hall–Kier alpha value is -1.61. The first-order valence-electron chi connectivity index (χ1n) is 4.90. The lowest BCUT2D eigenvalue weighted by molar-refractivity contribution is 0.283. The first kappa shape index (κ1) is 9.93. The summed E-state index contributed by atoms with van der Waals surface area (Å²) in [6.45, 7) is 6.65. The van der Waals surface area contributed by atoms with Gasteiger partial charge in [0.15, 0.2) is 0 Å². The van der Waals surface area contributed by atoms with Crippen LogP contribution in [0.2, 0.25) is 0 Å². The second-order valence-electron chi connectivity index (χ2n) is 3.77. The van der Waals surface area contributed by atoms with E-state index in [9.17, 15) is 5.11 Å². The standard InChI is InChI=1S/C12H14N2O/c1-9(2)6-14-7-10(8-15)11-4-3-5-13-12(11)14/h3-5,7,15H,1,6,8H2,2H3. The Balaban J connectivity index is 2.59. The Kier molecular flexibility index (Phi) is 2.56. The predicted molar refractivity (Wildman–Crippen MR) is 60.5 cm³/mol. The van der Waals surface area contributed by atoms with Crippen LogP contribution in [0.3, 0.4) is 0 Å². The van der Waals surface area contributed by atoms with Crippen LogP contribution in [0.1, 0.15) is 12.5 Å². The van der Waals surface area contributed by atoms with Crippen LogP contribution in [0.5, 0.6) is 0 Å². The van der Waals surface area contributed by atoms with E-state index in [2.05, 4.69) is 11.6 Å². The van der Waals surface area contributed by atoms with Crippen molar-refractivity contribution >= 4 is 11.0 Å². The third-order valence-corrected chi connectivity index (χ3v) is 2.33. The van der Waals surface area contributed by atoms with Crippen LogP contribution in [0, 0.1) is 0 Å². The fourth-order valence-electron chi connectivity index (χ4n) is 1.73. The van der Waals surface area contributed by atoms with Crippen LogP contribution >= 0.6 is 0 Å². The summed E-state index contributed by atoms with van der Waals surface area (Å²) in [5.41, 5.74) is 2.89. The molecule has 0 saturated heterocycles. The number of nitrogens with zero attached hydrogens (tertiary/aromatic N) is 2. The molecule has 0 atom stereocenters. The van der Waals surface area contributed by atoms with Crippen molar-refractivity contribution in [1.29, 1.82) is 0 Å². The maximum Gasteiger partial charge on any atom is 0.140 e. The molecule has 2 aromatic rings. The summed E-state index contributed by atoms with van der Waals surface area (Å²) in [6, 6.07) is 3.86. The molecule has 78 valence electrons. The van der Waals surface area contributed by atoms with Gasteiger partial charge in [0.25, 0.3) is 0 Å². The number of aromatic nitrogens is 2. The number of hydrogen-bond donors (Lipinski definition) is 1. The van der Waals surface area contributed by atoms with Crippen molar-refractivity contribution in [2.24, 2.45) is 0 Å². The summed E-state index contributed by atoms with van der Waals surface area (Å²) < 4.78 is 2.02. The second kappa shape index (κ2) is 3.87. The van der Waals surface area contributed by atoms with Crippen LogP contribution in [-0.2, 0) is 13.2 Å². The highest BCUT2D eigenvalue weighted by Gasteiger charge is 2.07. The zero-order chi connectivity index (χ0) is 10.8. The Morgan fingerprint density at radius 1 is 1.60 bits per heavy atom. The zero-order valence-electron chi connectivity index (χ0n) is 8.77. The van der Waals surface area contributed by atoms with Crippen LogP contribution in [-0.4, -0.2) is 14.7 Å². The largest absolute Gasteiger partial charge is 0.392 e. The molecule has 1 N–H and O–H groups in total. The molecule has 2 heterocycles. The van der Waals surface area contributed by atoms with E-state index < -0.39 is 0 Å². The van der Waals surface area contributed by atoms with Crippen molar-refractivity contribution in [2.75, 3.05) is 0 Å². The van der Waals surface area contributed by atoms with E-state index in [1.807, 2.05) is 29.8 Å². The lowest BCUT2D eigenvalue weighted by Crippen LogP contribution is -1.97. The molecule has 0 unspecified atom stereocenters. The SMILES string of the molecule is C=C(C)Cn1cc(CO)c2cccnc21. The normalized spacial score (nSPS) is 10.8. The lowest BCUT2D eigenvalue weighted by Gasteiger charge is -2.02. The highest BCUT2D eigenvalue weighted by atomic mass is 16.3. The van der Waals surface area contributed by atoms with Crippen molar-refractivity contribution in [2.45, 2.75) is 20.1 Å². The quantitative estimate of drug-likeness (QED) is 0.774. The van der Waals surface area contributed by atoms with Gasteiger partial charge in [-0.1, -0.05) is 12.2 Å². The third kappa shape index (κ3) is 1.78. The van der Waals surface area contributed by atoms with Gasteiger partial charge in [0.1, 0.15) is 5.65 Å². The number of pyridine rings is 1. The average Bonchev–Trinajstić information content (AvgIpc) is 2.56. The Morgan fingerprint density at radius 3 is 3.07 bits per heavy atom. The molecule has 15 heavy (non-hydrogen) atoms. The van der Waals surface area contributed by atoms with E-state index in [-0.39, 0.29) is 6.61 Å². The summed E-state index contributed by atoms with van der Waals surface area (Å²) >= 11 is 0. The fraction of sp³-hybridized carbons (Fsp3) is 0.250. The van der Waals surface area contributed by atoms with E-state index in [1.54, 1.807) is 6.20 Å². The topological polar surface area (TPSA) is 38.0 Å². The molecule has 0 aliphatic carbocycles. The summed E-state index contributed by atoms with van der Waals surface area (Å²) in [5.74, 6) is 0. The predicted octanol–water partition coefficient (Wildman–Crippen LogP) is 2.10. The van der Waals surface area contributed by atoms with E-state index in [4.69, 9.17) is 0 Å². The molecule has 0 aliphatic rings. The zero-order valence-corrected chi connectivity index (χ0v) is 8.77. The summed E-state index contributed by atoms with van der Waals surface area (Å²) in [6.07, 6.45) is 3.70. The molecule has 0 radical (unpaired) electrons. The van der Waals surface area contributed by atoms with Crippen molar-refractivity contribution < 1.29 is 5.11 Å². The summed E-state index contributed by atoms with van der Waals surface area (Å²) in [5, 5.41) is 10.2. The van der Waals surface area contributed by atoms with Gasteiger partial charge >= 0.3 is 0 Å². The highest BCUT2D eigenvalue weighted by Crippen LogP contribution is 2.19. The maximum atomic E-state index is 9.22. The first-order chi connectivity index (χ1) is 7.22. The molecule has 3 nitrogen and oxygen atoms in total. The van der Waals surface area contributed by atoms with Gasteiger partial charge in [-0.3, -0.25) is 0 Å². The second-order valence-corrected chi connectivity index (χ2v) is 3.77. The molecule has 0 aromatic carbocycles. The summed E-state index contributed by atoms with van der Waals surface area (Å²) in [4.78, 5) is 4.31. The van der Waals surface area contributed by atoms with Crippen molar-refractivity contribution in [3.05, 3.63) is 42.2 Å². The smallest absolute Gasteiger partial charge is 0.140 e. The lowest BCUT2D eigenvalue weighted by atomic mass is 10.2. The molecule has 0 aliphatic heterocycles. The van der Waals surface area contributed by atoms with Crippen LogP contribution in [0.4, 0.5) is 0 Å². The number of allylic oxidation sites excluding steroid dienone is 1. The van der Waals surface area contributed by atoms with Crippen molar-refractivity contribution in [3.63, 3.8) is 0 Å². The highest BCUT2D eigenvalue weighted by molar-refractivity contribution is 5.80. The van der Waals surface area contributed by atoms with E-state index >= 15 is 0 Å². The van der Waals surface area contributed by atoms with Crippen LogP contribution in [0.15, 0.2) is 36.7 Å². The van der Waals surface area contributed by atoms with Gasteiger partial charge in [-0.15, -0.1) is 0 Å². The van der Waals surface area contributed by atoms with Gasteiger partial charge in [0, 0.05) is 29.9 Å². The number of rotatable bonds is 3. The molecule has 0 saturated carbocycles. The van der Waals surface area contributed by atoms with E-state index in [1.165, 1.54) is 0 Å². The van der Waals surface area contributed by atoms with Crippen LogP contribution in [0.25, 0.3) is 11.0 Å². The minimum atomic E-state index is 0.0470. The minimum Gasteiger partial charge on any atom is -0.392 e. The Labute approximate surface area is 88.7 Å². The van der Waals surface area contributed by atoms with Crippen molar-refractivity contribution in [3.8, 4) is 0 Å². The van der Waals surface area contributed by atoms with Crippen molar-refractivity contribution in [1.82, 2.24) is 9.55 Å². The first-order valence-corrected chi connectivity index (χ1v) is 4.90. The fourth-order valence-corrected chi connectivity index (χ4v) is 1.73. The Morgan fingerprint density at radius 2 is 2.40 bits per heavy atom. The number of aliphatic hydroxyl groups excluding tert-OH is 1. The van der Waals surface area contributed by atoms with Gasteiger partial charge in [-0.25, -0.2) is 4.98 Å². The van der Waals surface area contributed by atoms with Gasteiger partial charge in [0.2, 0.25) is 0 Å². The molecule has 2 rings (SSSR count). The average molecular weight is 202 g/mol. The van der Waals surface area contributed by atoms with E-state index in [0.717, 1.165) is 28.7 Å². The van der Waals surface area contributed by atoms with E-state index in [0.29, 0.717) is 0 Å². The molecule has 0 fully saturated rings. The van der Waals surface area contributed by atoms with Gasteiger partial charge < -0.3 is 9.67 Å². The minimum absolute atomic E-state index is 0.0470. The molecule has 3 heteroatoms. The number of aliphatic hydroxyl groups is 1. The molecule has 0 bridgehead atoms. The van der Waals surface area contributed by atoms with Gasteiger partial charge in [-0.2, -0.15) is 0 Å². The monoisotopic (exact) mass is 202 g/mol. The maximum absolute atomic E-state index is 9.22. The summed E-state index contributed by atoms with van der Waals surface area (Å²) in [7, 11) is 0. The van der Waals surface area contributed by atoms with Gasteiger partial charge in [-0.05, 0) is 19.1 Å². The molecular formula is C12H14N2O. The van der Waals surface area contributed by atoms with Gasteiger partial charge in [0.05, 0.1) is 6.61 Å².